The van der Waals surface area contributed by atoms with Crippen molar-refractivity contribution in [2.45, 2.75) is 20.3 Å². The van der Waals surface area contributed by atoms with Gasteiger partial charge in [0.1, 0.15) is 5.69 Å². The normalized spacial score (nSPS) is 10.4. The van der Waals surface area contributed by atoms with Crippen molar-refractivity contribution in [3.8, 4) is 0 Å². The van der Waals surface area contributed by atoms with Gasteiger partial charge in [-0.1, -0.05) is 13.8 Å². The first kappa shape index (κ1) is 11.5. The molecular formula is C11H16N2O2. The van der Waals surface area contributed by atoms with Gasteiger partial charge in [0, 0.05) is 19.7 Å². The molecule has 0 aliphatic carbocycles. The van der Waals surface area contributed by atoms with Gasteiger partial charge in [0.25, 0.3) is 5.56 Å². The van der Waals surface area contributed by atoms with Gasteiger partial charge >= 0.3 is 0 Å². The van der Waals surface area contributed by atoms with Gasteiger partial charge in [-0.2, -0.15) is 0 Å². The van der Waals surface area contributed by atoms with Crippen LogP contribution in [0.3, 0.4) is 0 Å². The molecule has 1 aromatic heterocycles. The van der Waals surface area contributed by atoms with Crippen LogP contribution in [-0.2, 0) is 11.8 Å². The van der Waals surface area contributed by atoms with Gasteiger partial charge in [0.2, 0.25) is 5.91 Å². The number of aryl methyl sites for hydroxylation is 1. The number of hydrogen-bond donors (Lipinski definition) is 1. The molecule has 0 radical (unpaired) electrons. The standard InChI is InChI=1S/C11H16N2O2/c1-8(2)7-10(14)12-9-5-4-6-13(3)11(9)15/h4-6,8H,7H2,1-3H3,(H,12,14). The Bertz CT molecular complexity index is 407. The van der Waals surface area contributed by atoms with E-state index in [4.69, 9.17) is 0 Å². The smallest absolute Gasteiger partial charge is 0.274 e. The minimum absolute atomic E-state index is 0.117. The van der Waals surface area contributed by atoms with Gasteiger partial charge in [0.15, 0.2) is 0 Å². The fourth-order valence-electron chi connectivity index (χ4n) is 1.26. The molecule has 15 heavy (non-hydrogen) atoms. The molecule has 0 spiro atoms. The number of nitrogens with zero attached hydrogens (tertiary/aromatic N) is 1. The number of nitrogens with one attached hydrogen (secondary N) is 1. The summed E-state index contributed by atoms with van der Waals surface area (Å²) in [6.07, 6.45) is 2.08. The number of anilines is 1. The largest absolute Gasteiger partial charge is 0.321 e. The molecule has 1 amide bonds. The van der Waals surface area contributed by atoms with Crippen molar-refractivity contribution < 1.29 is 4.79 Å². The van der Waals surface area contributed by atoms with Gasteiger partial charge in [-0.25, -0.2) is 0 Å². The van der Waals surface area contributed by atoms with E-state index in [0.29, 0.717) is 12.1 Å². The van der Waals surface area contributed by atoms with E-state index in [1.165, 1.54) is 4.57 Å². The molecule has 1 heterocycles. The molecule has 0 bridgehead atoms. The Kier molecular flexibility index (Phi) is 3.66. The van der Waals surface area contributed by atoms with Crippen molar-refractivity contribution in [1.82, 2.24) is 4.57 Å². The van der Waals surface area contributed by atoms with E-state index in [2.05, 4.69) is 5.32 Å². The molecule has 1 rings (SSSR count). The van der Waals surface area contributed by atoms with Gasteiger partial charge in [-0.05, 0) is 18.1 Å². The monoisotopic (exact) mass is 208 g/mol. The minimum atomic E-state index is -0.186. The Morgan fingerprint density at radius 1 is 1.53 bits per heavy atom. The fourth-order valence-corrected chi connectivity index (χ4v) is 1.26. The zero-order valence-corrected chi connectivity index (χ0v) is 9.28. The number of amides is 1. The van der Waals surface area contributed by atoms with Crippen LogP contribution in [0.2, 0.25) is 0 Å². The van der Waals surface area contributed by atoms with E-state index >= 15 is 0 Å². The highest BCUT2D eigenvalue weighted by molar-refractivity contribution is 5.90. The maximum absolute atomic E-state index is 11.5. The predicted octanol–water partition coefficient (Wildman–Crippen LogP) is 1.37. The second-order valence-electron chi connectivity index (χ2n) is 3.98. The van der Waals surface area contributed by atoms with Crippen molar-refractivity contribution >= 4 is 11.6 Å². The van der Waals surface area contributed by atoms with Crippen molar-refractivity contribution in [2.24, 2.45) is 13.0 Å². The number of carbonyl (C=O) groups is 1. The fraction of sp³-hybridized carbons (Fsp3) is 0.455. The van der Waals surface area contributed by atoms with Crippen LogP contribution < -0.4 is 10.9 Å². The summed E-state index contributed by atoms with van der Waals surface area (Å²) in [5.41, 5.74) is 0.153. The SMILES string of the molecule is CC(C)CC(=O)Nc1cccn(C)c1=O. The van der Waals surface area contributed by atoms with E-state index in [-0.39, 0.29) is 17.4 Å². The van der Waals surface area contributed by atoms with Gasteiger partial charge in [0.05, 0.1) is 0 Å². The van der Waals surface area contributed by atoms with Gasteiger partial charge in [-0.15, -0.1) is 0 Å². The van der Waals surface area contributed by atoms with Crippen LogP contribution in [0.25, 0.3) is 0 Å². The van der Waals surface area contributed by atoms with Crippen LogP contribution in [0, 0.1) is 5.92 Å². The summed E-state index contributed by atoms with van der Waals surface area (Å²) in [5.74, 6) is 0.172. The van der Waals surface area contributed by atoms with E-state index < -0.39 is 0 Å². The molecule has 0 atom stereocenters. The van der Waals surface area contributed by atoms with Crippen molar-refractivity contribution in [3.05, 3.63) is 28.7 Å². The highest BCUT2D eigenvalue weighted by Crippen LogP contribution is 2.03. The Hall–Kier alpha value is -1.58. The molecule has 0 unspecified atom stereocenters. The Balaban J connectivity index is 2.77. The first-order valence-electron chi connectivity index (χ1n) is 4.96. The zero-order valence-electron chi connectivity index (χ0n) is 9.28. The van der Waals surface area contributed by atoms with Crippen LogP contribution in [0.5, 0.6) is 0 Å². The number of carbonyl (C=O) groups excluding carboxylic acids is 1. The van der Waals surface area contributed by atoms with Crippen LogP contribution in [-0.4, -0.2) is 10.5 Å². The topological polar surface area (TPSA) is 51.1 Å². The average Bonchev–Trinajstić information content (AvgIpc) is 2.11. The second-order valence-corrected chi connectivity index (χ2v) is 3.98. The summed E-state index contributed by atoms with van der Waals surface area (Å²) in [6.45, 7) is 3.92. The molecule has 0 saturated carbocycles. The first-order valence-corrected chi connectivity index (χ1v) is 4.96. The summed E-state index contributed by atoms with van der Waals surface area (Å²) in [4.78, 5) is 23.0. The third-order valence-corrected chi connectivity index (χ3v) is 1.99. The zero-order chi connectivity index (χ0) is 11.4. The third kappa shape index (κ3) is 3.23. The molecule has 0 saturated heterocycles. The molecular weight excluding hydrogens is 192 g/mol. The molecule has 1 N–H and O–H groups in total. The second kappa shape index (κ2) is 4.77. The van der Waals surface area contributed by atoms with Crippen LogP contribution in [0.1, 0.15) is 20.3 Å². The minimum Gasteiger partial charge on any atom is -0.321 e. The van der Waals surface area contributed by atoms with Crippen LogP contribution in [0.4, 0.5) is 5.69 Å². The molecule has 1 aromatic rings. The highest BCUT2D eigenvalue weighted by Gasteiger charge is 2.07. The highest BCUT2D eigenvalue weighted by atomic mass is 16.2. The molecule has 82 valence electrons. The summed E-state index contributed by atoms with van der Waals surface area (Å²) in [5, 5.41) is 2.61. The average molecular weight is 208 g/mol. The van der Waals surface area contributed by atoms with E-state index in [1.807, 2.05) is 13.8 Å². The van der Waals surface area contributed by atoms with Gasteiger partial charge in [-0.3, -0.25) is 9.59 Å². The molecule has 0 aliphatic rings. The van der Waals surface area contributed by atoms with E-state index in [1.54, 1.807) is 25.4 Å². The van der Waals surface area contributed by atoms with Crippen LogP contribution in [0.15, 0.2) is 23.1 Å². The number of aromatic nitrogens is 1. The summed E-state index contributed by atoms with van der Waals surface area (Å²) in [6, 6.07) is 3.34. The molecule has 0 fully saturated rings. The predicted molar refractivity (Wildman–Crippen MR) is 59.8 cm³/mol. The van der Waals surface area contributed by atoms with E-state index in [9.17, 15) is 9.59 Å². The van der Waals surface area contributed by atoms with Crippen LogP contribution >= 0.6 is 0 Å². The lowest BCUT2D eigenvalue weighted by Gasteiger charge is -2.07. The number of hydrogen-bond acceptors (Lipinski definition) is 2. The van der Waals surface area contributed by atoms with Gasteiger partial charge < -0.3 is 9.88 Å². The molecule has 4 heteroatoms. The Labute approximate surface area is 88.9 Å². The van der Waals surface area contributed by atoms with Crippen molar-refractivity contribution in [2.75, 3.05) is 5.32 Å². The van der Waals surface area contributed by atoms with E-state index in [0.717, 1.165) is 0 Å². The lowest BCUT2D eigenvalue weighted by molar-refractivity contribution is -0.116. The van der Waals surface area contributed by atoms with Crippen molar-refractivity contribution in [1.29, 1.82) is 0 Å². The maximum Gasteiger partial charge on any atom is 0.274 e. The number of pyridine rings is 1. The third-order valence-electron chi connectivity index (χ3n) is 1.99. The number of rotatable bonds is 3. The molecule has 0 aromatic carbocycles. The quantitative estimate of drug-likeness (QED) is 0.815. The van der Waals surface area contributed by atoms with Crippen molar-refractivity contribution in [3.63, 3.8) is 0 Å². The Morgan fingerprint density at radius 2 is 2.20 bits per heavy atom. The first-order chi connectivity index (χ1) is 7.00. The molecule has 4 nitrogen and oxygen atoms in total. The maximum atomic E-state index is 11.5. The lowest BCUT2D eigenvalue weighted by Crippen LogP contribution is -2.24. The summed E-state index contributed by atoms with van der Waals surface area (Å²) >= 11 is 0. The summed E-state index contributed by atoms with van der Waals surface area (Å²) in [7, 11) is 1.65. The summed E-state index contributed by atoms with van der Waals surface area (Å²) < 4.78 is 1.44. The Morgan fingerprint density at radius 3 is 2.80 bits per heavy atom. The molecule has 0 aliphatic heterocycles. The lowest BCUT2D eigenvalue weighted by atomic mass is 10.1.